The van der Waals surface area contributed by atoms with Crippen molar-refractivity contribution in [3.05, 3.63) is 28.8 Å². The van der Waals surface area contributed by atoms with Crippen LogP contribution in [0.5, 0.6) is 0 Å². The van der Waals surface area contributed by atoms with Gasteiger partial charge in [-0.1, -0.05) is 17.7 Å². The van der Waals surface area contributed by atoms with Gasteiger partial charge in [0.15, 0.2) is 0 Å². The number of carbonyl (C=O) groups excluding carboxylic acids is 1. The Morgan fingerprint density at radius 3 is 3.06 bits per heavy atom. The molecular formula is C13H17ClN2O2. The lowest BCUT2D eigenvalue weighted by Crippen LogP contribution is -2.38. The summed E-state index contributed by atoms with van der Waals surface area (Å²) in [6.45, 7) is 3.45. The molecule has 1 heterocycles. The molecule has 2 rings (SSSR count). The van der Waals surface area contributed by atoms with E-state index in [2.05, 4.69) is 5.32 Å². The fraction of sp³-hybridized carbons (Fsp3) is 0.462. The smallest absolute Gasteiger partial charge is 0.253 e. The predicted molar refractivity (Wildman–Crippen MR) is 71.7 cm³/mol. The highest BCUT2D eigenvalue weighted by Crippen LogP contribution is 2.23. The van der Waals surface area contributed by atoms with Crippen LogP contribution in [0.4, 0.5) is 5.69 Å². The number of nitrogen functional groups attached to an aromatic ring is 1. The average Bonchev–Trinajstić information content (AvgIpc) is 2.86. The first-order valence-electron chi connectivity index (χ1n) is 6.02. The summed E-state index contributed by atoms with van der Waals surface area (Å²) in [6, 6.07) is 5.14. The minimum Gasteiger partial charge on any atom is -0.398 e. The van der Waals surface area contributed by atoms with Gasteiger partial charge in [-0.2, -0.15) is 0 Å². The lowest BCUT2D eigenvalue weighted by atomic mass is 10.0. The van der Waals surface area contributed by atoms with Crippen molar-refractivity contribution in [1.82, 2.24) is 5.32 Å². The third-order valence-corrected chi connectivity index (χ3v) is 3.73. The van der Waals surface area contributed by atoms with Crippen LogP contribution in [0, 0.1) is 5.92 Å². The molecule has 0 aliphatic carbocycles. The van der Waals surface area contributed by atoms with E-state index in [1.807, 2.05) is 6.92 Å². The number of benzene rings is 1. The van der Waals surface area contributed by atoms with Gasteiger partial charge in [-0.25, -0.2) is 0 Å². The van der Waals surface area contributed by atoms with Crippen molar-refractivity contribution in [1.29, 1.82) is 0 Å². The van der Waals surface area contributed by atoms with Crippen LogP contribution in [0.2, 0.25) is 5.02 Å². The molecule has 98 valence electrons. The third kappa shape index (κ3) is 2.76. The first-order chi connectivity index (χ1) is 8.59. The summed E-state index contributed by atoms with van der Waals surface area (Å²) in [5, 5.41) is 3.26. The Hall–Kier alpha value is -1.26. The maximum Gasteiger partial charge on any atom is 0.253 e. The maximum absolute atomic E-state index is 12.1. The number of ether oxygens (including phenoxy) is 1. The highest BCUT2D eigenvalue weighted by atomic mass is 35.5. The Labute approximate surface area is 111 Å². The summed E-state index contributed by atoms with van der Waals surface area (Å²) in [5.74, 6) is 0.181. The number of hydrogen-bond acceptors (Lipinski definition) is 3. The van der Waals surface area contributed by atoms with Crippen LogP contribution in [0.15, 0.2) is 18.2 Å². The molecule has 1 saturated heterocycles. The van der Waals surface area contributed by atoms with Crippen LogP contribution >= 0.6 is 11.6 Å². The van der Waals surface area contributed by atoms with Crippen molar-refractivity contribution in [2.75, 3.05) is 18.9 Å². The zero-order chi connectivity index (χ0) is 13.1. The topological polar surface area (TPSA) is 64.4 Å². The van der Waals surface area contributed by atoms with Crippen LogP contribution < -0.4 is 11.1 Å². The summed E-state index contributed by atoms with van der Waals surface area (Å²) in [7, 11) is 0. The van der Waals surface area contributed by atoms with Gasteiger partial charge < -0.3 is 15.8 Å². The van der Waals surface area contributed by atoms with E-state index < -0.39 is 0 Å². The molecular weight excluding hydrogens is 252 g/mol. The van der Waals surface area contributed by atoms with Crippen molar-refractivity contribution in [3.63, 3.8) is 0 Å². The quantitative estimate of drug-likeness (QED) is 0.825. The number of nitrogens with two attached hydrogens (primary N) is 1. The fourth-order valence-electron chi connectivity index (χ4n) is 2.07. The average molecular weight is 269 g/mol. The SMILES string of the molecule is CC(NC(=O)c1cccc(N)c1Cl)C1CCOC1. The fourth-order valence-corrected chi connectivity index (χ4v) is 2.29. The van der Waals surface area contributed by atoms with Gasteiger partial charge in [0.1, 0.15) is 0 Å². The highest BCUT2D eigenvalue weighted by molar-refractivity contribution is 6.36. The molecule has 4 nitrogen and oxygen atoms in total. The number of halogens is 1. The van der Waals surface area contributed by atoms with E-state index in [9.17, 15) is 4.79 Å². The molecule has 1 aliphatic rings. The molecule has 2 atom stereocenters. The molecule has 0 bridgehead atoms. The van der Waals surface area contributed by atoms with Gasteiger partial charge in [-0.05, 0) is 25.5 Å². The summed E-state index contributed by atoms with van der Waals surface area (Å²) < 4.78 is 5.31. The molecule has 3 N–H and O–H groups in total. The summed E-state index contributed by atoms with van der Waals surface area (Å²) >= 11 is 6.02. The number of anilines is 1. The minimum absolute atomic E-state index is 0.0671. The molecule has 1 amide bonds. The van der Waals surface area contributed by atoms with Crippen molar-refractivity contribution in [2.45, 2.75) is 19.4 Å². The van der Waals surface area contributed by atoms with Gasteiger partial charge in [0.05, 0.1) is 22.9 Å². The van der Waals surface area contributed by atoms with Gasteiger partial charge in [0, 0.05) is 18.6 Å². The Kier molecular flexibility index (Phi) is 4.09. The van der Waals surface area contributed by atoms with Crippen LogP contribution in [0.1, 0.15) is 23.7 Å². The van der Waals surface area contributed by atoms with Crippen LogP contribution in [-0.2, 0) is 4.74 Å². The first kappa shape index (κ1) is 13.2. The monoisotopic (exact) mass is 268 g/mol. The largest absolute Gasteiger partial charge is 0.398 e. The zero-order valence-corrected chi connectivity index (χ0v) is 11.0. The second-order valence-corrected chi connectivity index (χ2v) is 4.97. The standard InChI is InChI=1S/C13H17ClN2O2/c1-8(9-5-6-18-7-9)16-13(17)10-3-2-4-11(15)12(10)14/h2-4,8-9H,5-7,15H2,1H3,(H,16,17). The summed E-state index contributed by atoms with van der Waals surface area (Å²) in [4.78, 5) is 12.1. The number of nitrogens with one attached hydrogen (secondary N) is 1. The van der Waals surface area contributed by atoms with E-state index >= 15 is 0 Å². The number of rotatable bonds is 3. The molecule has 1 aromatic carbocycles. The van der Waals surface area contributed by atoms with Gasteiger partial charge in [0.2, 0.25) is 0 Å². The second kappa shape index (κ2) is 5.59. The minimum atomic E-state index is -0.188. The molecule has 0 radical (unpaired) electrons. The lowest BCUT2D eigenvalue weighted by Gasteiger charge is -2.19. The van der Waals surface area contributed by atoms with Crippen LogP contribution in [0.25, 0.3) is 0 Å². The van der Waals surface area contributed by atoms with E-state index in [-0.39, 0.29) is 11.9 Å². The summed E-state index contributed by atoms with van der Waals surface area (Å²) in [5.41, 5.74) is 6.52. The Balaban J connectivity index is 2.05. The first-order valence-corrected chi connectivity index (χ1v) is 6.40. The Morgan fingerprint density at radius 2 is 2.39 bits per heavy atom. The molecule has 1 aromatic rings. The van der Waals surface area contributed by atoms with E-state index in [0.717, 1.165) is 13.0 Å². The highest BCUT2D eigenvalue weighted by Gasteiger charge is 2.24. The van der Waals surface area contributed by atoms with Crippen molar-refractivity contribution >= 4 is 23.2 Å². The van der Waals surface area contributed by atoms with Gasteiger partial charge >= 0.3 is 0 Å². The molecule has 1 fully saturated rings. The third-order valence-electron chi connectivity index (χ3n) is 3.30. The Morgan fingerprint density at radius 1 is 1.61 bits per heavy atom. The van der Waals surface area contributed by atoms with Crippen molar-refractivity contribution in [2.24, 2.45) is 5.92 Å². The van der Waals surface area contributed by atoms with Gasteiger partial charge in [-0.15, -0.1) is 0 Å². The van der Waals surface area contributed by atoms with E-state index in [4.69, 9.17) is 22.1 Å². The van der Waals surface area contributed by atoms with Crippen LogP contribution in [0.3, 0.4) is 0 Å². The van der Waals surface area contributed by atoms with Gasteiger partial charge in [0.25, 0.3) is 5.91 Å². The van der Waals surface area contributed by atoms with Crippen molar-refractivity contribution < 1.29 is 9.53 Å². The maximum atomic E-state index is 12.1. The molecule has 18 heavy (non-hydrogen) atoms. The molecule has 0 spiro atoms. The normalized spacial score (nSPS) is 20.7. The lowest BCUT2D eigenvalue weighted by molar-refractivity contribution is 0.0922. The number of amides is 1. The van der Waals surface area contributed by atoms with E-state index in [1.54, 1.807) is 18.2 Å². The van der Waals surface area contributed by atoms with Crippen molar-refractivity contribution in [3.8, 4) is 0 Å². The predicted octanol–water partition coefficient (Wildman–Crippen LogP) is 2.08. The van der Waals surface area contributed by atoms with E-state index in [1.165, 1.54) is 0 Å². The van der Waals surface area contributed by atoms with Gasteiger partial charge in [-0.3, -0.25) is 4.79 Å². The molecule has 2 unspecified atom stereocenters. The molecule has 1 aliphatic heterocycles. The Bertz CT molecular complexity index is 445. The zero-order valence-electron chi connectivity index (χ0n) is 10.3. The molecule has 0 saturated carbocycles. The summed E-state index contributed by atoms with van der Waals surface area (Å²) in [6.07, 6.45) is 0.978. The number of carbonyl (C=O) groups is 1. The molecule has 0 aromatic heterocycles. The molecule has 5 heteroatoms. The van der Waals surface area contributed by atoms with E-state index in [0.29, 0.717) is 28.8 Å². The number of hydrogen-bond donors (Lipinski definition) is 2. The van der Waals surface area contributed by atoms with Crippen LogP contribution in [-0.4, -0.2) is 25.2 Å². The second-order valence-electron chi connectivity index (χ2n) is 4.59.